The first-order valence-corrected chi connectivity index (χ1v) is 15.5. The number of aliphatic hydroxyl groups is 2. The fraction of sp³-hybridized carbons (Fsp3) is 0.963. The minimum Gasteiger partial charge on any atom is -0.393 e. The third-order valence-corrected chi connectivity index (χ3v) is 11.9. The summed E-state index contributed by atoms with van der Waals surface area (Å²) in [5.41, 5.74) is 0.335. The van der Waals surface area contributed by atoms with Gasteiger partial charge in [-0.2, -0.15) is 8.42 Å². The molecule has 0 heterocycles. The molecule has 11 atom stereocenters. The van der Waals surface area contributed by atoms with Crippen LogP contribution in [-0.2, 0) is 14.9 Å². The van der Waals surface area contributed by atoms with Crippen LogP contribution < -0.4 is 5.32 Å². The summed E-state index contributed by atoms with van der Waals surface area (Å²) in [7, 11) is -4.21. The van der Waals surface area contributed by atoms with E-state index in [1.54, 1.807) is 0 Å². The highest BCUT2D eigenvalue weighted by atomic mass is 32.2. The molecule has 0 aromatic heterocycles. The lowest BCUT2D eigenvalue weighted by atomic mass is 9.41. The maximum atomic E-state index is 12.1. The zero-order valence-corrected chi connectivity index (χ0v) is 22.8. The molecule has 0 bridgehead atoms. The van der Waals surface area contributed by atoms with E-state index < -0.39 is 16.0 Å². The molecule has 202 valence electrons. The van der Waals surface area contributed by atoms with Crippen LogP contribution in [0.3, 0.4) is 0 Å². The minimum atomic E-state index is -4.21. The Balaban J connectivity index is 1.48. The Kier molecular flexibility index (Phi) is 7.72. The van der Waals surface area contributed by atoms with E-state index >= 15 is 0 Å². The molecule has 0 spiro atoms. The third-order valence-electron chi connectivity index (χ3n) is 11.4. The van der Waals surface area contributed by atoms with Crippen LogP contribution in [0.1, 0.15) is 91.9 Å². The molecular weight excluding hydrogens is 466 g/mol. The second-order valence-electron chi connectivity index (χ2n) is 13.0. The summed E-state index contributed by atoms with van der Waals surface area (Å²) in [4.78, 5) is 12.1. The largest absolute Gasteiger partial charge is 0.393 e. The topological polar surface area (TPSA) is 124 Å². The predicted molar refractivity (Wildman–Crippen MR) is 135 cm³/mol. The second kappa shape index (κ2) is 9.88. The zero-order valence-electron chi connectivity index (χ0n) is 21.9. The van der Waals surface area contributed by atoms with Gasteiger partial charge in [0.25, 0.3) is 10.1 Å². The number of aliphatic hydroxyl groups excluding tert-OH is 2. The summed E-state index contributed by atoms with van der Waals surface area (Å²) >= 11 is 0. The van der Waals surface area contributed by atoms with Crippen molar-refractivity contribution < 1.29 is 28.0 Å². The molecular formula is C27H47NO6S. The average molecular weight is 514 g/mol. The van der Waals surface area contributed by atoms with E-state index in [2.05, 4.69) is 33.0 Å². The van der Waals surface area contributed by atoms with Gasteiger partial charge >= 0.3 is 0 Å². The molecule has 0 aromatic rings. The Bertz CT molecular complexity index is 894. The number of carbonyl (C=O) groups is 1. The van der Waals surface area contributed by atoms with Gasteiger partial charge in [0, 0.05) is 6.42 Å². The van der Waals surface area contributed by atoms with Gasteiger partial charge in [0.05, 0.1) is 12.2 Å². The van der Waals surface area contributed by atoms with Gasteiger partial charge in [-0.05, 0) is 104 Å². The quantitative estimate of drug-likeness (QED) is 0.382. The van der Waals surface area contributed by atoms with Crippen molar-refractivity contribution in [1.82, 2.24) is 5.32 Å². The van der Waals surface area contributed by atoms with Crippen molar-refractivity contribution in [2.75, 3.05) is 5.88 Å². The molecule has 35 heavy (non-hydrogen) atoms. The maximum absolute atomic E-state index is 12.1. The number of hydrogen-bond donors (Lipinski definition) is 4. The molecule has 7 nitrogen and oxygen atoms in total. The van der Waals surface area contributed by atoms with Crippen molar-refractivity contribution in [3.8, 4) is 0 Å². The normalized spacial score (nSPS) is 46.3. The molecule has 1 amide bonds. The van der Waals surface area contributed by atoms with Crippen LogP contribution in [0, 0.1) is 52.3 Å². The van der Waals surface area contributed by atoms with E-state index in [9.17, 15) is 23.4 Å². The number of fused-ring (bicyclic) bond motifs is 5. The van der Waals surface area contributed by atoms with E-state index in [1.807, 2.05) is 0 Å². The number of nitrogens with one attached hydrogen (secondary N) is 1. The molecule has 4 rings (SSSR count). The molecule has 0 aromatic carbocycles. The average Bonchev–Trinajstić information content (AvgIpc) is 3.14. The first-order valence-electron chi connectivity index (χ1n) is 13.9. The van der Waals surface area contributed by atoms with Gasteiger partial charge in [-0.1, -0.05) is 34.1 Å². The molecule has 4 aliphatic rings. The van der Waals surface area contributed by atoms with E-state index in [0.29, 0.717) is 41.9 Å². The summed E-state index contributed by atoms with van der Waals surface area (Å²) in [5.74, 6) is 1.68. The summed E-state index contributed by atoms with van der Waals surface area (Å²) in [6.07, 6.45) is 8.65. The fourth-order valence-electron chi connectivity index (χ4n) is 9.75. The second-order valence-corrected chi connectivity index (χ2v) is 14.4. The lowest BCUT2D eigenvalue weighted by Gasteiger charge is -2.64. The lowest BCUT2D eigenvalue weighted by molar-refractivity contribution is -0.203. The molecule has 4 saturated carbocycles. The third kappa shape index (κ3) is 4.94. The van der Waals surface area contributed by atoms with Crippen molar-refractivity contribution in [3.63, 3.8) is 0 Å². The van der Waals surface area contributed by atoms with Crippen LogP contribution in [0.15, 0.2) is 0 Å². The molecule has 4 fully saturated rings. The molecule has 4 N–H and O–H groups in total. The Labute approximate surface area is 211 Å². The summed E-state index contributed by atoms with van der Waals surface area (Å²) < 4.78 is 30.7. The minimum absolute atomic E-state index is 0.141. The van der Waals surface area contributed by atoms with E-state index in [1.165, 1.54) is 0 Å². The maximum Gasteiger partial charge on any atom is 0.283 e. The fourth-order valence-corrected chi connectivity index (χ4v) is 10.1. The van der Waals surface area contributed by atoms with E-state index in [0.717, 1.165) is 51.4 Å². The van der Waals surface area contributed by atoms with Gasteiger partial charge in [-0.3, -0.25) is 9.35 Å². The monoisotopic (exact) mass is 513 g/mol. The Morgan fingerprint density at radius 3 is 2.34 bits per heavy atom. The Hall–Kier alpha value is -0.700. The van der Waals surface area contributed by atoms with Crippen molar-refractivity contribution in [1.29, 1.82) is 0 Å². The first-order chi connectivity index (χ1) is 16.3. The van der Waals surface area contributed by atoms with Crippen LogP contribution in [0.4, 0.5) is 0 Å². The SMILES string of the molecule is CC[C@H]1[C@@H](O)C2C3CCC([C@H](C)CCC(=O)NCS(=O)(=O)O)[C@@]3(C)CCC2[C@@]2(C)CC[C@@H](O)C[C@@H]12. The van der Waals surface area contributed by atoms with Gasteiger partial charge in [0.2, 0.25) is 5.91 Å². The molecule has 0 aliphatic heterocycles. The number of rotatable bonds is 7. The molecule has 0 radical (unpaired) electrons. The highest BCUT2D eigenvalue weighted by Gasteiger charge is 2.64. The van der Waals surface area contributed by atoms with Crippen molar-refractivity contribution in [3.05, 3.63) is 0 Å². The molecule has 4 aliphatic carbocycles. The van der Waals surface area contributed by atoms with Crippen LogP contribution >= 0.6 is 0 Å². The highest BCUT2D eigenvalue weighted by Crippen LogP contribution is 2.69. The summed E-state index contributed by atoms with van der Waals surface area (Å²) in [5, 5.41) is 24.5. The van der Waals surface area contributed by atoms with Crippen LogP contribution in [0.25, 0.3) is 0 Å². The molecule has 4 unspecified atom stereocenters. The van der Waals surface area contributed by atoms with Crippen LogP contribution in [-0.4, -0.2) is 47.2 Å². The first kappa shape index (κ1) is 27.3. The van der Waals surface area contributed by atoms with Gasteiger partial charge < -0.3 is 15.5 Å². The van der Waals surface area contributed by atoms with Gasteiger partial charge in [0.15, 0.2) is 0 Å². The number of carbonyl (C=O) groups excluding carboxylic acids is 1. The van der Waals surface area contributed by atoms with Crippen LogP contribution in [0.2, 0.25) is 0 Å². The van der Waals surface area contributed by atoms with Gasteiger partial charge in [-0.25, -0.2) is 0 Å². The van der Waals surface area contributed by atoms with Crippen molar-refractivity contribution in [2.45, 2.75) is 104 Å². The zero-order chi connectivity index (χ0) is 25.8. The number of hydrogen-bond acceptors (Lipinski definition) is 5. The van der Waals surface area contributed by atoms with Crippen molar-refractivity contribution >= 4 is 16.0 Å². The Morgan fingerprint density at radius 1 is 1.03 bits per heavy atom. The Morgan fingerprint density at radius 2 is 1.69 bits per heavy atom. The van der Waals surface area contributed by atoms with E-state index in [-0.39, 0.29) is 41.3 Å². The van der Waals surface area contributed by atoms with Crippen molar-refractivity contribution in [2.24, 2.45) is 52.3 Å². The van der Waals surface area contributed by atoms with Gasteiger partial charge in [-0.15, -0.1) is 0 Å². The predicted octanol–water partition coefficient (Wildman–Crippen LogP) is 3.99. The summed E-state index contributed by atoms with van der Waals surface area (Å²) in [6.45, 7) is 9.29. The lowest BCUT2D eigenvalue weighted by Crippen LogP contribution is -2.62. The molecule has 0 saturated heterocycles. The number of amides is 1. The highest BCUT2D eigenvalue weighted by molar-refractivity contribution is 7.85. The van der Waals surface area contributed by atoms with Gasteiger partial charge in [0.1, 0.15) is 5.88 Å². The standard InChI is InChI=1S/C27H47NO6S/c1-5-18-22-14-17(29)10-12-27(22,4)21-11-13-26(3)19(7-8-20(26)24(21)25(18)31)16(2)6-9-23(30)28-15-35(32,33)34/h16-22,24-25,29,31H,5-15H2,1-4H3,(H,28,30)(H,32,33,34)/t16-,17-,18-,19?,20?,21?,22+,24?,25-,26-,27-/m1/s1. The summed E-state index contributed by atoms with van der Waals surface area (Å²) in [6, 6.07) is 0. The molecule has 8 heteroatoms. The van der Waals surface area contributed by atoms with Crippen LogP contribution in [0.5, 0.6) is 0 Å². The van der Waals surface area contributed by atoms with E-state index in [4.69, 9.17) is 4.55 Å². The smallest absolute Gasteiger partial charge is 0.283 e.